The summed E-state index contributed by atoms with van der Waals surface area (Å²) in [5.74, 6) is -0.0743. The number of hydrogen-bond donors (Lipinski definition) is 1. The number of fused-ring (bicyclic) bond motifs is 4. The van der Waals surface area contributed by atoms with Gasteiger partial charge in [-0.1, -0.05) is 27.7 Å². The van der Waals surface area contributed by atoms with Crippen molar-refractivity contribution in [2.24, 2.45) is 23.7 Å². The minimum atomic E-state index is -0.711. The highest BCUT2D eigenvalue weighted by molar-refractivity contribution is 5.75. The standard InChI is InChI=1S/C29H46O9/c1-14-9-19-21(34-23-13-32-24(11-15(2)30)35-20(23)10-14)12-22-26(36-19)17(4)25(31)28-27(37-22)16(3)18(5)29(38-28)7-6-8-33-29/h14,16-28,31H,6-13H2,1-5H3/t14-,16+,17+,18+,19+,20-,21-,22+,23+,24+,25+,26-,27-,28+,29?/m1/s1. The van der Waals surface area contributed by atoms with Crippen molar-refractivity contribution < 1.29 is 43.1 Å². The van der Waals surface area contributed by atoms with Crippen LogP contribution in [0.5, 0.6) is 0 Å². The van der Waals surface area contributed by atoms with Crippen LogP contribution >= 0.6 is 0 Å². The van der Waals surface area contributed by atoms with Gasteiger partial charge in [0.15, 0.2) is 12.1 Å². The molecule has 6 fully saturated rings. The third-order valence-corrected chi connectivity index (χ3v) is 10.2. The SMILES string of the molecule is CC(=O)C[C@H]1OC[C@@H]2O[C@@H]3C[C@@H]4O[C@@H]5[C@@H](C)[C@H](C)C6(CCCO6)O[C@H]5[C@@H](O)[C@H](C)[C@H]4O[C@H]3C[C@@H](C)C[C@H]2O1. The average molecular weight is 539 g/mol. The molecule has 9 nitrogen and oxygen atoms in total. The highest BCUT2D eigenvalue weighted by Crippen LogP contribution is 2.50. The molecule has 6 aliphatic heterocycles. The zero-order valence-electron chi connectivity index (χ0n) is 23.5. The summed E-state index contributed by atoms with van der Waals surface area (Å²) in [5.41, 5.74) is 0. The first-order valence-corrected chi connectivity index (χ1v) is 14.9. The Morgan fingerprint density at radius 1 is 0.842 bits per heavy atom. The second-order valence-corrected chi connectivity index (χ2v) is 13.0. The van der Waals surface area contributed by atoms with Crippen LogP contribution in [0.3, 0.4) is 0 Å². The predicted octanol–water partition coefficient (Wildman–Crippen LogP) is 2.99. The zero-order chi connectivity index (χ0) is 26.8. The minimum Gasteiger partial charge on any atom is -0.390 e. The van der Waals surface area contributed by atoms with Crippen molar-refractivity contribution in [3.63, 3.8) is 0 Å². The molecule has 0 aromatic rings. The summed E-state index contributed by atoms with van der Waals surface area (Å²) in [6.45, 7) is 11.3. The van der Waals surface area contributed by atoms with Crippen molar-refractivity contribution in [2.75, 3.05) is 13.2 Å². The fourth-order valence-electron chi connectivity index (χ4n) is 7.90. The fraction of sp³-hybridized carbons (Fsp3) is 0.966. The average Bonchev–Trinajstić information content (AvgIpc) is 3.31. The molecule has 1 unspecified atom stereocenters. The van der Waals surface area contributed by atoms with Gasteiger partial charge in [0.05, 0.1) is 62.4 Å². The lowest BCUT2D eigenvalue weighted by molar-refractivity contribution is -0.339. The molecular weight excluding hydrogens is 492 g/mol. The summed E-state index contributed by atoms with van der Waals surface area (Å²) in [6.07, 6.45) is 1.48. The highest BCUT2D eigenvalue weighted by Gasteiger charge is 2.60. The molecule has 1 spiro atoms. The lowest BCUT2D eigenvalue weighted by Crippen LogP contribution is -2.60. The van der Waals surface area contributed by atoms with Crippen molar-refractivity contribution in [2.45, 2.75) is 140 Å². The molecular formula is C29H46O9. The van der Waals surface area contributed by atoms with E-state index in [1.165, 1.54) is 0 Å². The molecule has 9 heteroatoms. The molecule has 6 aliphatic rings. The number of ketones is 1. The molecule has 216 valence electrons. The maximum Gasteiger partial charge on any atom is 0.171 e. The molecule has 0 aromatic carbocycles. The van der Waals surface area contributed by atoms with E-state index in [2.05, 4.69) is 27.7 Å². The van der Waals surface area contributed by atoms with Gasteiger partial charge < -0.3 is 38.3 Å². The monoisotopic (exact) mass is 538 g/mol. The van der Waals surface area contributed by atoms with Gasteiger partial charge in [-0.2, -0.15) is 0 Å². The van der Waals surface area contributed by atoms with Gasteiger partial charge in [-0.3, -0.25) is 4.79 Å². The Bertz CT molecular complexity index is 861. The summed E-state index contributed by atoms with van der Waals surface area (Å²) in [6, 6.07) is 0. The van der Waals surface area contributed by atoms with Gasteiger partial charge in [0, 0.05) is 24.7 Å². The Balaban J connectivity index is 1.21. The summed E-state index contributed by atoms with van der Waals surface area (Å²) in [5, 5.41) is 11.6. The lowest BCUT2D eigenvalue weighted by Gasteiger charge is -2.51. The Kier molecular flexibility index (Phi) is 7.70. The summed E-state index contributed by atoms with van der Waals surface area (Å²) in [7, 11) is 0. The molecule has 15 atom stereocenters. The summed E-state index contributed by atoms with van der Waals surface area (Å²) >= 11 is 0. The first-order valence-electron chi connectivity index (χ1n) is 14.9. The first kappa shape index (κ1) is 27.5. The molecule has 0 saturated carbocycles. The van der Waals surface area contributed by atoms with E-state index < -0.39 is 24.3 Å². The van der Waals surface area contributed by atoms with Crippen molar-refractivity contribution in [1.29, 1.82) is 0 Å². The molecule has 0 bridgehead atoms. The van der Waals surface area contributed by atoms with Crippen molar-refractivity contribution in [1.82, 2.24) is 0 Å². The van der Waals surface area contributed by atoms with Crippen LogP contribution in [0, 0.1) is 23.7 Å². The molecule has 0 radical (unpaired) electrons. The van der Waals surface area contributed by atoms with Crippen molar-refractivity contribution in [3.05, 3.63) is 0 Å². The Morgan fingerprint density at radius 2 is 1.55 bits per heavy atom. The molecule has 6 saturated heterocycles. The zero-order valence-corrected chi connectivity index (χ0v) is 23.5. The van der Waals surface area contributed by atoms with Gasteiger partial charge >= 0.3 is 0 Å². The number of carbonyl (C=O) groups is 1. The maximum atomic E-state index is 11.6. The van der Waals surface area contributed by atoms with Crippen LogP contribution in [0.25, 0.3) is 0 Å². The number of carbonyl (C=O) groups excluding carboxylic acids is 1. The van der Waals surface area contributed by atoms with Gasteiger partial charge in [0.25, 0.3) is 0 Å². The number of Topliss-reactive ketones (excluding diaryl/α,β-unsaturated/α-hetero) is 1. The normalized spacial score (nSPS) is 55.0. The van der Waals surface area contributed by atoms with Crippen LogP contribution in [0.2, 0.25) is 0 Å². The molecule has 0 aromatic heterocycles. The van der Waals surface area contributed by atoms with E-state index in [1.54, 1.807) is 6.92 Å². The smallest absolute Gasteiger partial charge is 0.171 e. The van der Waals surface area contributed by atoms with Crippen LogP contribution in [-0.2, 0) is 38.0 Å². The van der Waals surface area contributed by atoms with Crippen LogP contribution in [0.4, 0.5) is 0 Å². The van der Waals surface area contributed by atoms with E-state index in [4.69, 9.17) is 33.2 Å². The molecule has 6 heterocycles. The third kappa shape index (κ3) is 4.89. The van der Waals surface area contributed by atoms with Crippen LogP contribution in [-0.4, -0.2) is 91.1 Å². The highest BCUT2D eigenvalue weighted by atomic mass is 16.7. The minimum absolute atomic E-state index is 0.0563. The topological polar surface area (TPSA) is 102 Å². The maximum absolute atomic E-state index is 11.6. The largest absolute Gasteiger partial charge is 0.390 e. The molecule has 0 aliphatic carbocycles. The number of aliphatic hydroxyl groups excluding tert-OH is 1. The number of hydrogen-bond acceptors (Lipinski definition) is 9. The van der Waals surface area contributed by atoms with Crippen molar-refractivity contribution >= 4 is 5.78 Å². The van der Waals surface area contributed by atoms with E-state index >= 15 is 0 Å². The van der Waals surface area contributed by atoms with Gasteiger partial charge in [-0.25, -0.2) is 0 Å². The predicted molar refractivity (Wildman–Crippen MR) is 135 cm³/mol. The van der Waals surface area contributed by atoms with E-state index in [1.807, 2.05) is 0 Å². The molecule has 0 amide bonds. The fourth-order valence-corrected chi connectivity index (χ4v) is 7.90. The molecule has 1 N–H and O–H groups in total. The van der Waals surface area contributed by atoms with Crippen LogP contribution in [0.1, 0.15) is 73.1 Å². The molecule has 6 rings (SSSR count). The van der Waals surface area contributed by atoms with Gasteiger partial charge in [0.1, 0.15) is 18.0 Å². The second-order valence-electron chi connectivity index (χ2n) is 13.0. The Labute approximate surface area is 226 Å². The van der Waals surface area contributed by atoms with E-state index in [0.717, 1.165) is 25.7 Å². The number of rotatable bonds is 2. The lowest BCUT2D eigenvalue weighted by atomic mass is 9.76. The Morgan fingerprint density at radius 3 is 2.26 bits per heavy atom. The summed E-state index contributed by atoms with van der Waals surface area (Å²) < 4.78 is 45.1. The van der Waals surface area contributed by atoms with Crippen molar-refractivity contribution in [3.8, 4) is 0 Å². The van der Waals surface area contributed by atoms with Gasteiger partial charge in [0.2, 0.25) is 0 Å². The van der Waals surface area contributed by atoms with Gasteiger partial charge in [-0.15, -0.1) is 0 Å². The number of ether oxygens (including phenoxy) is 7. The van der Waals surface area contributed by atoms with Gasteiger partial charge in [-0.05, 0) is 38.0 Å². The second kappa shape index (κ2) is 10.6. The van der Waals surface area contributed by atoms with E-state index in [-0.39, 0.29) is 72.7 Å². The quantitative estimate of drug-likeness (QED) is 0.568. The number of aliphatic hydroxyl groups is 1. The first-order chi connectivity index (χ1) is 18.1. The third-order valence-electron chi connectivity index (χ3n) is 10.2. The summed E-state index contributed by atoms with van der Waals surface area (Å²) in [4.78, 5) is 11.6. The molecule has 38 heavy (non-hydrogen) atoms. The van der Waals surface area contributed by atoms with Crippen LogP contribution in [0.15, 0.2) is 0 Å². The van der Waals surface area contributed by atoms with E-state index in [9.17, 15) is 9.90 Å². The van der Waals surface area contributed by atoms with Crippen LogP contribution < -0.4 is 0 Å². The van der Waals surface area contributed by atoms with E-state index in [0.29, 0.717) is 25.6 Å². The Hall–Kier alpha value is -0.650.